The van der Waals surface area contributed by atoms with Crippen molar-refractivity contribution in [1.82, 2.24) is 0 Å². The van der Waals surface area contributed by atoms with Crippen LogP contribution in [0.15, 0.2) is 24.3 Å². The highest BCUT2D eigenvalue weighted by Gasteiger charge is 2.34. The molecule has 0 aliphatic carbocycles. The zero-order valence-corrected chi connectivity index (χ0v) is 8.04. The maximum Gasteiger partial charge on any atom is 0.309 e. The summed E-state index contributed by atoms with van der Waals surface area (Å²) in [4.78, 5) is 10.2. The Balaban J connectivity index is 2.89. The van der Waals surface area contributed by atoms with E-state index in [2.05, 4.69) is 0 Å². The first kappa shape index (κ1) is 11.4. The highest BCUT2D eigenvalue weighted by atomic mass is 19.3. The van der Waals surface area contributed by atoms with E-state index in [0.29, 0.717) is 5.75 Å². The topological polar surface area (TPSA) is 46.5 Å². The number of carbonyl (C=O) groups is 1. The molecule has 5 heteroatoms. The molecule has 0 amide bonds. The summed E-state index contributed by atoms with van der Waals surface area (Å²) >= 11 is 0. The number of benzene rings is 1. The number of hydrogen-bond acceptors (Lipinski definition) is 2. The van der Waals surface area contributed by atoms with Gasteiger partial charge < -0.3 is 9.84 Å². The molecule has 0 atom stereocenters. The molecule has 1 aromatic rings. The summed E-state index contributed by atoms with van der Waals surface area (Å²) in [6, 6.07) is 5.04. The smallest absolute Gasteiger partial charge is 0.309 e. The molecular formula is C10H10F2O3. The third kappa shape index (κ3) is 2.90. The lowest BCUT2D eigenvalue weighted by molar-refractivity contribution is -0.145. The van der Waals surface area contributed by atoms with E-state index in [-0.39, 0.29) is 5.56 Å². The first-order chi connectivity index (χ1) is 6.95. The second-order valence-corrected chi connectivity index (χ2v) is 3.00. The van der Waals surface area contributed by atoms with Crippen molar-refractivity contribution in [3.05, 3.63) is 29.8 Å². The SMILES string of the molecule is COc1ccc(C(F)(F)CC(=O)O)cc1. The van der Waals surface area contributed by atoms with E-state index in [0.717, 1.165) is 12.1 Å². The van der Waals surface area contributed by atoms with Gasteiger partial charge in [0, 0.05) is 5.56 Å². The van der Waals surface area contributed by atoms with Crippen molar-refractivity contribution in [3.63, 3.8) is 0 Å². The van der Waals surface area contributed by atoms with Crippen LogP contribution in [0.25, 0.3) is 0 Å². The third-order valence-electron chi connectivity index (χ3n) is 1.89. The summed E-state index contributed by atoms with van der Waals surface area (Å²) in [6.45, 7) is 0. The standard InChI is InChI=1S/C10H10F2O3/c1-15-8-4-2-7(3-5-8)10(11,12)6-9(13)14/h2-5H,6H2,1H3,(H,13,14). The first-order valence-corrected chi connectivity index (χ1v) is 4.20. The fraction of sp³-hybridized carbons (Fsp3) is 0.300. The molecule has 0 bridgehead atoms. The van der Waals surface area contributed by atoms with Gasteiger partial charge in [-0.15, -0.1) is 0 Å². The average Bonchev–Trinajstić information content (AvgIpc) is 2.16. The molecule has 3 nitrogen and oxygen atoms in total. The van der Waals surface area contributed by atoms with Gasteiger partial charge in [0.25, 0.3) is 5.92 Å². The largest absolute Gasteiger partial charge is 0.497 e. The Kier molecular flexibility index (Phi) is 3.24. The van der Waals surface area contributed by atoms with Gasteiger partial charge in [0.05, 0.1) is 7.11 Å². The average molecular weight is 216 g/mol. The van der Waals surface area contributed by atoms with Crippen LogP contribution >= 0.6 is 0 Å². The molecule has 0 fully saturated rings. The van der Waals surface area contributed by atoms with Crippen molar-refractivity contribution in [1.29, 1.82) is 0 Å². The number of ether oxygens (including phenoxy) is 1. The lowest BCUT2D eigenvalue weighted by atomic mass is 10.1. The summed E-state index contributed by atoms with van der Waals surface area (Å²) in [5, 5.41) is 8.31. The number of carboxylic acids is 1. The van der Waals surface area contributed by atoms with Gasteiger partial charge >= 0.3 is 5.97 Å². The molecule has 0 spiro atoms. The number of carboxylic acid groups (broad SMARTS) is 1. The van der Waals surface area contributed by atoms with E-state index >= 15 is 0 Å². The van der Waals surface area contributed by atoms with E-state index in [4.69, 9.17) is 9.84 Å². The minimum atomic E-state index is -3.35. The molecule has 0 saturated carbocycles. The molecule has 0 unspecified atom stereocenters. The van der Waals surface area contributed by atoms with Crippen LogP contribution in [0.1, 0.15) is 12.0 Å². The van der Waals surface area contributed by atoms with E-state index in [1.807, 2.05) is 0 Å². The summed E-state index contributed by atoms with van der Waals surface area (Å²) in [5.74, 6) is -4.43. The van der Waals surface area contributed by atoms with Gasteiger partial charge in [0.1, 0.15) is 12.2 Å². The monoisotopic (exact) mass is 216 g/mol. The number of aliphatic carboxylic acids is 1. The molecule has 0 radical (unpaired) electrons. The van der Waals surface area contributed by atoms with E-state index < -0.39 is 18.3 Å². The minimum absolute atomic E-state index is 0.328. The second-order valence-electron chi connectivity index (χ2n) is 3.00. The summed E-state index contributed by atoms with van der Waals surface area (Å²) in [6.07, 6.45) is -1.21. The fourth-order valence-electron chi connectivity index (χ4n) is 1.13. The predicted molar refractivity (Wildman–Crippen MR) is 49.1 cm³/mol. The van der Waals surface area contributed by atoms with Crippen LogP contribution in [-0.2, 0) is 10.7 Å². The van der Waals surface area contributed by atoms with Crippen LogP contribution in [0.5, 0.6) is 5.75 Å². The van der Waals surface area contributed by atoms with Gasteiger partial charge in [-0.3, -0.25) is 4.79 Å². The third-order valence-corrected chi connectivity index (χ3v) is 1.89. The zero-order valence-electron chi connectivity index (χ0n) is 8.04. The van der Waals surface area contributed by atoms with Crippen molar-refractivity contribution in [2.45, 2.75) is 12.3 Å². The molecule has 0 aliphatic rings. The van der Waals surface area contributed by atoms with E-state index in [1.54, 1.807) is 0 Å². The summed E-state index contributed by atoms with van der Waals surface area (Å²) < 4.78 is 31.2. The molecule has 0 saturated heterocycles. The number of methoxy groups -OCH3 is 1. The number of alkyl halides is 2. The summed E-state index contributed by atoms with van der Waals surface area (Å²) in [7, 11) is 1.42. The summed E-state index contributed by atoms with van der Waals surface area (Å²) in [5.41, 5.74) is -0.328. The van der Waals surface area contributed by atoms with Gasteiger partial charge in [0.15, 0.2) is 0 Å². The van der Waals surface area contributed by atoms with Gasteiger partial charge in [0.2, 0.25) is 0 Å². The Morgan fingerprint density at radius 3 is 2.33 bits per heavy atom. The van der Waals surface area contributed by atoms with Crippen LogP contribution in [0.4, 0.5) is 8.78 Å². The Morgan fingerprint density at radius 1 is 1.40 bits per heavy atom. The van der Waals surface area contributed by atoms with Gasteiger partial charge in [-0.05, 0) is 24.3 Å². The zero-order chi connectivity index (χ0) is 11.5. The van der Waals surface area contributed by atoms with Gasteiger partial charge in [-0.1, -0.05) is 0 Å². The van der Waals surface area contributed by atoms with Crippen LogP contribution < -0.4 is 4.74 Å². The lowest BCUT2D eigenvalue weighted by Gasteiger charge is -2.14. The molecule has 82 valence electrons. The Hall–Kier alpha value is -1.65. The van der Waals surface area contributed by atoms with Crippen LogP contribution in [-0.4, -0.2) is 18.2 Å². The Labute approximate surface area is 85.3 Å². The molecule has 15 heavy (non-hydrogen) atoms. The normalized spacial score (nSPS) is 11.1. The van der Waals surface area contributed by atoms with Crippen LogP contribution in [0.2, 0.25) is 0 Å². The molecule has 0 aliphatic heterocycles. The van der Waals surface area contributed by atoms with E-state index in [9.17, 15) is 13.6 Å². The molecule has 1 N–H and O–H groups in total. The van der Waals surface area contributed by atoms with Crippen molar-refractivity contribution in [2.75, 3.05) is 7.11 Å². The maximum atomic E-state index is 13.2. The molecular weight excluding hydrogens is 206 g/mol. The van der Waals surface area contributed by atoms with Crippen molar-refractivity contribution in [3.8, 4) is 5.75 Å². The molecule has 1 aromatic carbocycles. The highest BCUT2D eigenvalue weighted by molar-refractivity contribution is 5.68. The Bertz CT molecular complexity index is 346. The van der Waals surface area contributed by atoms with E-state index in [1.165, 1.54) is 19.2 Å². The number of halogens is 2. The molecule has 0 heterocycles. The lowest BCUT2D eigenvalue weighted by Crippen LogP contribution is -2.18. The van der Waals surface area contributed by atoms with Gasteiger partial charge in [-0.2, -0.15) is 0 Å². The molecule has 0 aromatic heterocycles. The maximum absolute atomic E-state index is 13.2. The number of hydrogen-bond donors (Lipinski definition) is 1. The Morgan fingerprint density at radius 2 is 1.93 bits per heavy atom. The van der Waals surface area contributed by atoms with Crippen molar-refractivity contribution in [2.24, 2.45) is 0 Å². The van der Waals surface area contributed by atoms with Crippen LogP contribution in [0, 0.1) is 0 Å². The van der Waals surface area contributed by atoms with Gasteiger partial charge in [-0.25, -0.2) is 8.78 Å². The highest BCUT2D eigenvalue weighted by Crippen LogP contribution is 2.32. The predicted octanol–water partition coefficient (Wildman–Crippen LogP) is 2.26. The van der Waals surface area contributed by atoms with Crippen molar-refractivity contribution >= 4 is 5.97 Å². The fourth-order valence-corrected chi connectivity index (χ4v) is 1.13. The molecule has 1 rings (SSSR count). The van der Waals surface area contributed by atoms with Crippen LogP contribution in [0.3, 0.4) is 0 Å². The second kappa shape index (κ2) is 4.25. The van der Waals surface area contributed by atoms with Crippen molar-refractivity contribution < 1.29 is 23.4 Å². The number of rotatable bonds is 4. The minimum Gasteiger partial charge on any atom is -0.497 e. The quantitative estimate of drug-likeness (QED) is 0.839. The first-order valence-electron chi connectivity index (χ1n) is 4.20.